The number of amides is 2. The van der Waals surface area contributed by atoms with Gasteiger partial charge in [-0.25, -0.2) is 0 Å². The van der Waals surface area contributed by atoms with Crippen LogP contribution in [-0.4, -0.2) is 24.0 Å². The first-order valence-electron chi connectivity index (χ1n) is 9.05. The van der Waals surface area contributed by atoms with Crippen molar-refractivity contribution in [2.24, 2.45) is 11.8 Å². The molecule has 26 heavy (non-hydrogen) atoms. The smallest absolute Gasteiger partial charge is 0.349 e. The molecule has 0 aromatic heterocycles. The molecule has 0 saturated heterocycles. The van der Waals surface area contributed by atoms with Crippen molar-refractivity contribution in [3.63, 3.8) is 0 Å². The van der Waals surface area contributed by atoms with E-state index < -0.39 is 23.9 Å². The SMILES string of the molecule is Cc1ccc(C(=O)NC2CC2)cc1NC(=O)C1CCCCC1C(F)(F)F. The van der Waals surface area contributed by atoms with Gasteiger partial charge in [-0.05, 0) is 50.3 Å². The van der Waals surface area contributed by atoms with Crippen LogP contribution < -0.4 is 10.6 Å². The molecule has 2 fully saturated rings. The molecule has 2 amide bonds. The minimum atomic E-state index is -4.37. The summed E-state index contributed by atoms with van der Waals surface area (Å²) in [6, 6.07) is 5.09. The highest BCUT2D eigenvalue weighted by Gasteiger charge is 2.48. The fraction of sp³-hybridized carbons (Fsp3) is 0.579. The Balaban J connectivity index is 1.74. The molecule has 0 aliphatic heterocycles. The fourth-order valence-electron chi connectivity index (χ4n) is 3.46. The Morgan fingerprint density at radius 1 is 1.08 bits per heavy atom. The lowest BCUT2D eigenvalue weighted by atomic mass is 9.78. The van der Waals surface area contributed by atoms with Crippen LogP contribution in [0.4, 0.5) is 18.9 Å². The van der Waals surface area contributed by atoms with E-state index in [-0.39, 0.29) is 24.8 Å². The zero-order chi connectivity index (χ0) is 18.9. The van der Waals surface area contributed by atoms with Gasteiger partial charge >= 0.3 is 6.18 Å². The van der Waals surface area contributed by atoms with Crippen LogP contribution in [0.5, 0.6) is 0 Å². The zero-order valence-corrected chi connectivity index (χ0v) is 14.7. The van der Waals surface area contributed by atoms with Gasteiger partial charge in [0.1, 0.15) is 0 Å². The summed E-state index contributed by atoms with van der Waals surface area (Å²) in [7, 11) is 0. The average Bonchev–Trinajstić information content (AvgIpc) is 3.40. The Morgan fingerprint density at radius 2 is 1.77 bits per heavy atom. The fourth-order valence-corrected chi connectivity index (χ4v) is 3.46. The summed E-state index contributed by atoms with van der Waals surface area (Å²) in [5, 5.41) is 5.49. The van der Waals surface area contributed by atoms with Crippen molar-refractivity contribution in [2.75, 3.05) is 5.32 Å². The lowest BCUT2D eigenvalue weighted by Crippen LogP contribution is -2.39. The van der Waals surface area contributed by atoms with E-state index in [0.29, 0.717) is 29.7 Å². The average molecular weight is 368 g/mol. The highest BCUT2D eigenvalue weighted by atomic mass is 19.4. The molecule has 2 N–H and O–H groups in total. The minimum Gasteiger partial charge on any atom is -0.349 e. The second-order valence-corrected chi connectivity index (χ2v) is 7.31. The lowest BCUT2D eigenvalue weighted by molar-refractivity contribution is -0.197. The number of anilines is 1. The predicted molar refractivity (Wildman–Crippen MR) is 91.8 cm³/mol. The number of halogens is 3. The van der Waals surface area contributed by atoms with Gasteiger partial charge in [-0.1, -0.05) is 18.9 Å². The quantitative estimate of drug-likeness (QED) is 0.837. The molecule has 2 aliphatic rings. The Hall–Kier alpha value is -2.05. The molecule has 3 rings (SSSR count). The lowest BCUT2D eigenvalue weighted by Gasteiger charge is -2.32. The van der Waals surface area contributed by atoms with Gasteiger partial charge in [-0.3, -0.25) is 9.59 Å². The third-order valence-corrected chi connectivity index (χ3v) is 5.19. The number of hydrogen-bond acceptors (Lipinski definition) is 2. The van der Waals surface area contributed by atoms with Crippen molar-refractivity contribution in [3.8, 4) is 0 Å². The van der Waals surface area contributed by atoms with Crippen molar-refractivity contribution in [2.45, 2.75) is 57.7 Å². The Labute approximate surface area is 150 Å². The summed E-state index contributed by atoms with van der Waals surface area (Å²) in [4.78, 5) is 24.7. The molecule has 4 nitrogen and oxygen atoms in total. The maximum absolute atomic E-state index is 13.2. The van der Waals surface area contributed by atoms with Crippen LogP contribution in [0.2, 0.25) is 0 Å². The molecule has 2 aliphatic carbocycles. The van der Waals surface area contributed by atoms with Crippen LogP contribution in [0.3, 0.4) is 0 Å². The summed E-state index contributed by atoms with van der Waals surface area (Å²) in [6.07, 6.45) is -1.12. The van der Waals surface area contributed by atoms with Crippen LogP contribution in [0.1, 0.15) is 54.4 Å². The number of carbonyl (C=O) groups excluding carboxylic acids is 2. The van der Waals surface area contributed by atoms with E-state index in [1.165, 1.54) is 6.07 Å². The molecule has 2 atom stereocenters. The van der Waals surface area contributed by atoms with Crippen molar-refractivity contribution < 1.29 is 22.8 Å². The number of nitrogens with one attached hydrogen (secondary N) is 2. The Morgan fingerprint density at radius 3 is 2.42 bits per heavy atom. The highest BCUT2D eigenvalue weighted by Crippen LogP contribution is 2.42. The summed E-state index contributed by atoms with van der Waals surface area (Å²) in [6.45, 7) is 1.75. The summed E-state index contributed by atoms with van der Waals surface area (Å²) < 4.78 is 39.7. The van der Waals surface area contributed by atoms with E-state index in [1.54, 1.807) is 19.1 Å². The van der Waals surface area contributed by atoms with E-state index in [1.807, 2.05) is 0 Å². The largest absolute Gasteiger partial charge is 0.392 e. The van der Waals surface area contributed by atoms with E-state index in [0.717, 1.165) is 12.8 Å². The van der Waals surface area contributed by atoms with Crippen LogP contribution in [-0.2, 0) is 4.79 Å². The maximum Gasteiger partial charge on any atom is 0.392 e. The van der Waals surface area contributed by atoms with Crippen molar-refractivity contribution >= 4 is 17.5 Å². The van der Waals surface area contributed by atoms with E-state index >= 15 is 0 Å². The summed E-state index contributed by atoms with van der Waals surface area (Å²) >= 11 is 0. The second kappa shape index (κ2) is 7.29. The predicted octanol–water partition coefficient (Wildman–Crippen LogP) is 4.19. The number of benzene rings is 1. The van der Waals surface area contributed by atoms with Gasteiger partial charge in [-0.2, -0.15) is 13.2 Å². The van der Waals surface area contributed by atoms with Gasteiger partial charge in [0.25, 0.3) is 5.91 Å². The highest BCUT2D eigenvalue weighted by molar-refractivity contribution is 5.98. The molecule has 142 valence electrons. The first kappa shape index (κ1) is 18.7. The van der Waals surface area contributed by atoms with E-state index in [4.69, 9.17) is 0 Å². The summed E-state index contributed by atoms with van der Waals surface area (Å²) in [5.41, 5.74) is 1.50. The summed E-state index contributed by atoms with van der Waals surface area (Å²) in [5.74, 6) is -3.52. The Bertz CT molecular complexity index is 699. The molecular formula is C19H23F3N2O2. The standard InChI is InChI=1S/C19H23F3N2O2/c1-11-6-7-12(17(25)23-13-8-9-13)10-16(11)24-18(26)14-4-2-3-5-15(14)19(20,21)22/h6-7,10,13-15H,2-5,8-9H2,1H3,(H,23,25)(H,24,26). The third-order valence-electron chi connectivity index (χ3n) is 5.19. The minimum absolute atomic E-state index is 0.00952. The molecule has 0 bridgehead atoms. The van der Waals surface area contributed by atoms with Gasteiger partial charge in [0.15, 0.2) is 0 Å². The first-order valence-corrected chi connectivity index (χ1v) is 9.05. The van der Waals surface area contributed by atoms with Gasteiger partial charge in [0.05, 0.1) is 5.92 Å². The van der Waals surface area contributed by atoms with Crippen LogP contribution in [0.15, 0.2) is 18.2 Å². The van der Waals surface area contributed by atoms with Gasteiger partial charge < -0.3 is 10.6 Å². The van der Waals surface area contributed by atoms with Crippen molar-refractivity contribution in [3.05, 3.63) is 29.3 Å². The van der Waals surface area contributed by atoms with Crippen LogP contribution >= 0.6 is 0 Å². The number of carbonyl (C=O) groups is 2. The van der Waals surface area contributed by atoms with E-state index in [9.17, 15) is 22.8 Å². The first-order chi connectivity index (χ1) is 12.3. The molecule has 0 radical (unpaired) electrons. The monoisotopic (exact) mass is 368 g/mol. The van der Waals surface area contributed by atoms with Crippen molar-refractivity contribution in [1.82, 2.24) is 5.32 Å². The number of rotatable bonds is 4. The number of hydrogen-bond donors (Lipinski definition) is 2. The zero-order valence-electron chi connectivity index (χ0n) is 14.7. The van der Waals surface area contributed by atoms with Gasteiger partial charge in [0.2, 0.25) is 5.91 Å². The number of alkyl halides is 3. The van der Waals surface area contributed by atoms with Crippen LogP contribution in [0.25, 0.3) is 0 Å². The third kappa shape index (κ3) is 4.37. The number of aryl methyl sites for hydroxylation is 1. The van der Waals surface area contributed by atoms with Crippen LogP contribution in [0, 0.1) is 18.8 Å². The molecule has 0 spiro atoms. The van der Waals surface area contributed by atoms with Gasteiger partial charge in [0, 0.05) is 23.2 Å². The molecule has 1 aromatic carbocycles. The molecule has 7 heteroatoms. The maximum atomic E-state index is 13.2. The van der Waals surface area contributed by atoms with Gasteiger partial charge in [-0.15, -0.1) is 0 Å². The Kier molecular flexibility index (Phi) is 5.25. The second-order valence-electron chi connectivity index (χ2n) is 7.31. The molecule has 2 unspecified atom stereocenters. The molecule has 0 heterocycles. The van der Waals surface area contributed by atoms with Crippen molar-refractivity contribution in [1.29, 1.82) is 0 Å². The molecule has 1 aromatic rings. The molecular weight excluding hydrogens is 345 g/mol. The normalized spacial score (nSPS) is 23.4. The topological polar surface area (TPSA) is 58.2 Å². The van der Waals surface area contributed by atoms with E-state index in [2.05, 4.69) is 10.6 Å². The molecule has 2 saturated carbocycles.